The molecule has 4 rings (SSSR count). The molecule has 0 unspecified atom stereocenters. The SMILES string of the molecule is ClCCc1nc2ccccc2n1-c1ccc2sccc2c1. The van der Waals surface area contributed by atoms with E-state index in [0.29, 0.717) is 5.88 Å². The molecule has 0 saturated heterocycles. The van der Waals surface area contributed by atoms with Crippen LogP contribution >= 0.6 is 22.9 Å². The van der Waals surface area contributed by atoms with E-state index in [0.717, 1.165) is 29.0 Å². The summed E-state index contributed by atoms with van der Waals surface area (Å²) in [6.07, 6.45) is 0.762. The first-order valence-corrected chi connectivity index (χ1v) is 8.28. The molecule has 0 N–H and O–H groups in total. The van der Waals surface area contributed by atoms with Crippen LogP contribution in [0.25, 0.3) is 26.8 Å². The zero-order valence-corrected chi connectivity index (χ0v) is 12.9. The molecule has 0 aliphatic heterocycles. The van der Waals surface area contributed by atoms with Crippen molar-refractivity contribution < 1.29 is 0 Å². The topological polar surface area (TPSA) is 17.8 Å². The van der Waals surface area contributed by atoms with Crippen molar-refractivity contribution in [2.45, 2.75) is 6.42 Å². The summed E-state index contributed by atoms with van der Waals surface area (Å²) >= 11 is 7.71. The largest absolute Gasteiger partial charge is 0.296 e. The maximum atomic E-state index is 5.95. The van der Waals surface area contributed by atoms with Gasteiger partial charge in [0.25, 0.3) is 0 Å². The fraction of sp³-hybridized carbons (Fsp3) is 0.118. The summed E-state index contributed by atoms with van der Waals surface area (Å²) in [6, 6.07) is 16.9. The Morgan fingerprint density at radius 3 is 2.90 bits per heavy atom. The number of halogens is 1. The second-order valence-electron chi connectivity index (χ2n) is 4.93. The maximum absolute atomic E-state index is 5.95. The molecule has 2 aromatic carbocycles. The lowest BCUT2D eigenvalue weighted by Gasteiger charge is -2.09. The minimum absolute atomic E-state index is 0.573. The molecule has 2 nitrogen and oxygen atoms in total. The second-order valence-corrected chi connectivity index (χ2v) is 6.26. The summed E-state index contributed by atoms with van der Waals surface area (Å²) in [7, 11) is 0. The van der Waals surface area contributed by atoms with Crippen molar-refractivity contribution >= 4 is 44.1 Å². The Balaban J connectivity index is 2.00. The van der Waals surface area contributed by atoms with Crippen molar-refractivity contribution in [1.29, 1.82) is 0 Å². The Labute approximate surface area is 131 Å². The first-order valence-electron chi connectivity index (χ1n) is 6.87. The zero-order valence-electron chi connectivity index (χ0n) is 11.3. The van der Waals surface area contributed by atoms with Gasteiger partial charge in [-0.2, -0.15) is 0 Å². The van der Waals surface area contributed by atoms with E-state index in [4.69, 9.17) is 16.6 Å². The Bertz CT molecular complexity index is 923. The summed E-state index contributed by atoms with van der Waals surface area (Å²) < 4.78 is 3.52. The monoisotopic (exact) mass is 312 g/mol. The zero-order chi connectivity index (χ0) is 14.2. The Morgan fingerprint density at radius 1 is 1.10 bits per heavy atom. The lowest BCUT2D eigenvalue weighted by atomic mass is 10.2. The predicted octanol–water partition coefficient (Wildman–Crippen LogP) is 5.02. The smallest absolute Gasteiger partial charge is 0.115 e. The highest BCUT2D eigenvalue weighted by atomic mass is 35.5. The Hall–Kier alpha value is -1.84. The van der Waals surface area contributed by atoms with Gasteiger partial charge >= 0.3 is 0 Å². The third-order valence-corrected chi connectivity index (χ3v) is 4.73. The number of aryl methyl sites for hydroxylation is 1. The van der Waals surface area contributed by atoms with Crippen molar-refractivity contribution in [1.82, 2.24) is 9.55 Å². The van der Waals surface area contributed by atoms with E-state index in [2.05, 4.69) is 40.3 Å². The van der Waals surface area contributed by atoms with Crippen LogP contribution in [0.3, 0.4) is 0 Å². The average Bonchev–Trinajstić information content (AvgIpc) is 3.10. The summed E-state index contributed by atoms with van der Waals surface area (Å²) in [6.45, 7) is 0. The van der Waals surface area contributed by atoms with Crippen LogP contribution in [-0.2, 0) is 6.42 Å². The molecule has 0 aliphatic carbocycles. The summed E-state index contributed by atoms with van der Waals surface area (Å²) in [5.41, 5.74) is 3.30. The molecule has 0 radical (unpaired) electrons. The highest BCUT2D eigenvalue weighted by Crippen LogP contribution is 2.27. The van der Waals surface area contributed by atoms with Crippen LogP contribution in [0.5, 0.6) is 0 Å². The number of aromatic nitrogens is 2. The van der Waals surface area contributed by atoms with Crippen LogP contribution in [0.4, 0.5) is 0 Å². The van der Waals surface area contributed by atoms with Crippen LogP contribution in [0.1, 0.15) is 5.82 Å². The Morgan fingerprint density at radius 2 is 2.00 bits per heavy atom. The van der Waals surface area contributed by atoms with Crippen LogP contribution in [0.2, 0.25) is 0 Å². The molecule has 2 heterocycles. The molecule has 0 fully saturated rings. The van der Waals surface area contributed by atoms with Crippen molar-refractivity contribution in [3.63, 3.8) is 0 Å². The number of hydrogen-bond donors (Lipinski definition) is 0. The molecule has 0 atom stereocenters. The maximum Gasteiger partial charge on any atom is 0.115 e. The second kappa shape index (κ2) is 5.17. The van der Waals surface area contributed by atoms with Crippen LogP contribution < -0.4 is 0 Å². The molecule has 0 amide bonds. The van der Waals surface area contributed by atoms with Gasteiger partial charge < -0.3 is 0 Å². The van der Waals surface area contributed by atoms with Gasteiger partial charge in [0.15, 0.2) is 0 Å². The van der Waals surface area contributed by atoms with Gasteiger partial charge in [0, 0.05) is 22.7 Å². The average molecular weight is 313 g/mol. The molecule has 2 aromatic heterocycles. The van der Waals surface area contributed by atoms with E-state index in [1.165, 1.54) is 10.1 Å². The molecule has 21 heavy (non-hydrogen) atoms. The van der Waals surface area contributed by atoms with Gasteiger partial charge in [0.05, 0.1) is 11.0 Å². The number of benzene rings is 2. The van der Waals surface area contributed by atoms with Gasteiger partial charge in [0.1, 0.15) is 5.82 Å². The quantitative estimate of drug-likeness (QED) is 0.486. The molecule has 0 spiro atoms. The molecular formula is C17H13ClN2S. The van der Waals surface area contributed by atoms with Crippen molar-refractivity contribution in [2.75, 3.05) is 5.88 Å². The van der Waals surface area contributed by atoms with Gasteiger partial charge in [-0.05, 0) is 47.2 Å². The minimum atomic E-state index is 0.573. The van der Waals surface area contributed by atoms with Gasteiger partial charge in [-0.1, -0.05) is 12.1 Å². The molecule has 104 valence electrons. The van der Waals surface area contributed by atoms with Gasteiger partial charge in [-0.3, -0.25) is 4.57 Å². The number of nitrogens with zero attached hydrogens (tertiary/aromatic N) is 2. The number of alkyl halides is 1. The number of fused-ring (bicyclic) bond motifs is 2. The van der Waals surface area contributed by atoms with E-state index < -0.39 is 0 Å². The van der Waals surface area contributed by atoms with Crippen LogP contribution in [0, 0.1) is 0 Å². The highest BCUT2D eigenvalue weighted by molar-refractivity contribution is 7.17. The number of imidazole rings is 1. The highest BCUT2D eigenvalue weighted by Gasteiger charge is 2.12. The third kappa shape index (κ3) is 2.13. The molecule has 0 bridgehead atoms. The standard InChI is InChI=1S/C17H13ClN2S/c18-9-7-17-19-14-3-1-2-4-15(14)20(17)13-5-6-16-12(11-13)8-10-21-16/h1-6,8,10-11H,7,9H2. The molecule has 0 saturated carbocycles. The van der Waals surface area contributed by atoms with Crippen LogP contribution in [0.15, 0.2) is 53.9 Å². The van der Waals surface area contributed by atoms with Gasteiger partial charge in [-0.25, -0.2) is 4.98 Å². The van der Waals surface area contributed by atoms with Gasteiger partial charge in [0.2, 0.25) is 0 Å². The van der Waals surface area contributed by atoms with Crippen LogP contribution in [-0.4, -0.2) is 15.4 Å². The Kier molecular flexibility index (Phi) is 3.17. The molecule has 4 heteroatoms. The molecule has 0 aliphatic rings. The third-order valence-electron chi connectivity index (χ3n) is 3.64. The minimum Gasteiger partial charge on any atom is -0.296 e. The lowest BCUT2D eigenvalue weighted by Crippen LogP contribution is -2.02. The lowest BCUT2D eigenvalue weighted by molar-refractivity contribution is 0.913. The fourth-order valence-corrected chi connectivity index (χ4v) is 3.65. The molecule has 4 aromatic rings. The number of para-hydroxylation sites is 2. The predicted molar refractivity (Wildman–Crippen MR) is 90.9 cm³/mol. The van der Waals surface area contributed by atoms with E-state index in [1.54, 1.807) is 11.3 Å². The van der Waals surface area contributed by atoms with E-state index >= 15 is 0 Å². The number of hydrogen-bond acceptors (Lipinski definition) is 2. The normalized spacial score (nSPS) is 11.5. The molecular weight excluding hydrogens is 300 g/mol. The van der Waals surface area contributed by atoms with Gasteiger partial charge in [-0.15, -0.1) is 22.9 Å². The van der Waals surface area contributed by atoms with Crippen molar-refractivity contribution in [3.8, 4) is 5.69 Å². The van der Waals surface area contributed by atoms with E-state index in [9.17, 15) is 0 Å². The van der Waals surface area contributed by atoms with Crippen molar-refractivity contribution in [3.05, 3.63) is 59.7 Å². The summed E-state index contributed by atoms with van der Waals surface area (Å²) in [5, 5.41) is 3.40. The fourth-order valence-electron chi connectivity index (χ4n) is 2.71. The first kappa shape index (κ1) is 12.9. The summed E-state index contributed by atoms with van der Waals surface area (Å²) in [4.78, 5) is 4.73. The first-order chi connectivity index (χ1) is 10.4. The van der Waals surface area contributed by atoms with Crippen molar-refractivity contribution in [2.24, 2.45) is 0 Å². The van der Waals surface area contributed by atoms with E-state index in [1.807, 2.05) is 18.2 Å². The number of thiophene rings is 1. The van der Waals surface area contributed by atoms with E-state index in [-0.39, 0.29) is 0 Å². The number of rotatable bonds is 3. The summed E-state index contributed by atoms with van der Waals surface area (Å²) in [5.74, 6) is 1.59.